The monoisotopic (exact) mass is 365 g/mol. The summed E-state index contributed by atoms with van der Waals surface area (Å²) in [6.45, 7) is 0. The maximum Gasteiger partial charge on any atom is 0.216 e. The molecule has 0 spiro atoms. The van der Waals surface area contributed by atoms with Gasteiger partial charge in [-0.15, -0.1) is 0 Å². The molecular formula is C22H15N5O. The average molecular weight is 365 g/mol. The van der Waals surface area contributed by atoms with Crippen LogP contribution in [0.1, 0.15) is 21.6 Å². The van der Waals surface area contributed by atoms with Crippen LogP contribution >= 0.6 is 0 Å². The van der Waals surface area contributed by atoms with Crippen LogP contribution in [-0.4, -0.2) is 32.4 Å². The van der Waals surface area contributed by atoms with E-state index in [2.05, 4.69) is 25.4 Å². The number of fused-ring (bicyclic) bond motifs is 2. The third-order valence-electron chi connectivity index (χ3n) is 4.65. The second kappa shape index (κ2) is 6.59. The Balaban J connectivity index is 1.52. The molecule has 2 N–H and O–H groups in total. The molecule has 5 aromatic rings. The van der Waals surface area contributed by atoms with Crippen LogP contribution in [0.5, 0.6) is 0 Å². The molecule has 28 heavy (non-hydrogen) atoms. The second-order valence-electron chi connectivity index (χ2n) is 6.44. The van der Waals surface area contributed by atoms with E-state index in [0.29, 0.717) is 16.9 Å². The van der Waals surface area contributed by atoms with Gasteiger partial charge in [-0.1, -0.05) is 42.5 Å². The maximum absolute atomic E-state index is 13.1. The number of aromatic amines is 2. The smallest absolute Gasteiger partial charge is 0.216 e. The van der Waals surface area contributed by atoms with Gasteiger partial charge in [-0.2, -0.15) is 10.2 Å². The molecule has 3 aromatic carbocycles. The number of nitrogens with one attached hydrogen (secondary N) is 2. The van der Waals surface area contributed by atoms with E-state index in [1.54, 1.807) is 18.5 Å². The lowest BCUT2D eigenvalue weighted by Gasteiger charge is -2.03. The van der Waals surface area contributed by atoms with Gasteiger partial charge >= 0.3 is 0 Å². The first-order valence-corrected chi connectivity index (χ1v) is 8.84. The molecule has 134 valence electrons. The van der Waals surface area contributed by atoms with E-state index >= 15 is 0 Å². The fourth-order valence-electron chi connectivity index (χ4n) is 3.22. The number of H-pyrrole nitrogens is 2. The number of carbonyl (C=O) groups excluding carboxylic acids is 1. The minimum Gasteiger partial charge on any atom is -0.287 e. The molecule has 2 aromatic heterocycles. The summed E-state index contributed by atoms with van der Waals surface area (Å²) >= 11 is 0. The van der Waals surface area contributed by atoms with Gasteiger partial charge in [0, 0.05) is 22.6 Å². The van der Waals surface area contributed by atoms with Crippen LogP contribution in [0.4, 0.5) is 5.69 Å². The summed E-state index contributed by atoms with van der Waals surface area (Å²) in [6.07, 6.45) is 3.52. The topological polar surface area (TPSA) is 86.8 Å². The summed E-state index contributed by atoms with van der Waals surface area (Å²) in [6, 6.07) is 20.8. The molecule has 2 heterocycles. The van der Waals surface area contributed by atoms with Gasteiger partial charge in [0.25, 0.3) is 0 Å². The Labute approximate surface area is 159 Å². The molecule has 0 fully saturated rings. The summed E-state index contributed by atoms with van der Waals surface area (Å²) in [5, 5.41) is 15.9. The molecule has 0 amide bonds. The van der Waals surface area contributed by atoms with E-state index < -0.39 is 0 Å². The van der Waals surface area contributed by atoms with Gasteiger partial charge in [-0.25, -0.2) is 0 Å². The van der Waals surface area contributed by atoms with Gasteiger partial charge in [-0.05, 0) is 29.8 Å². The molecule has 0 saturated heterocycles. The van der Waals surface area contributed by atoms with Crippen LogP contribution in [0, 0.1) is 0 Å². The van der Waals surface area contributed by atoms with Crippen molar-refractivity contribution in [2.45, 2.75) is 0 Å². The summed E-state index contributed by atoms with van der Waals surface area (Å²) in [7, 11) is 0. The molecule has 0 aliphatic rings. The van der Waals surface area contributed by atoms with Gasteiger partial charge in [-0.3, -0.25) is 20.0 Å². The lowest BCUT2D eigenvalue weighted by atomic mass is 10.0. The molecule has 5 rings (SSSR count). The third kappa shape index (κ3) is 2.77. The number of rotatable bonds is 4. The first kappa shape index (κ1) is 16.1. The highest BCUT2D eigenvalue weighted by Crippen LogP contribution is 2.25. The van der Waals surface area contributed by atoms with E-state index in [1.807, 2.05) is 60.7 Å². The van der Waals surface area contributed by atoms with Gasteiger partial charge in [0.2, 0.25) is 5.78 Å². The second-order valence-corrected chi connectivity index (χ2v) is 6.44. The summed E-state index contributed by atoms with van der Waals surface area (Å²) in [5.74, 6) is -0.158. The molecule has 0 aliphatic carbocycles. The Morgan fingerprint density at radius 2 is 1.79 bits per heavy atom. The van der Waals surface area contributed by atoms with Crippen LogP contribution in [0.3, 0.4) is 0 Å². The Hall–Kier alpha value is -4.06. The van der Waals surface area contributed by atoms with E-state index in [-0.39, 0.29) is 5.78 Å². The normalized spacial score (nSPS) is 11.6. The van der Waals surface area contributed by atoms with Crippen LogP contribution in [-0.2, 0) is 0 Å². The van der Waals surface area contributed by atoms with Crippen molar-refractivity contribution in [2.75, 3.05) is 0 Å². The predicted molar refractivity (Wildman–Crippen MR) is 109 cm³/mol. The quantitative estimate of drug-likeness (QED) is 0.365. The fraction of sp³-hybridized carbons (Fsp3) is 0. The molecule has 0 atom stereocenters. The Morgan fingerprint density at radius 3 is 2.75 bits per heavy atom. The van der Waals surface area contributed by atoms with Crippen molar-refractivity contribution >= 4 is 39.5 Å². The molecule has 6 nitrogen and oxygen atoms in total. The number of aromatic nitrogens is 4. The van der Waals surface area contributed by atoms with Gasteiger partial charge in [0.05, 0.1) is 22.9 Å². The standard InChI is InChI=1S/C22H15N5O/c28-22(21-16-5-1-4-8-19(16)26-27-21)17-6-2-3-7-18(17)23-12-14-9-10-15-13-24-25-20(15)11-14/h1-13H,(H,24,25)(H,26,27). The lowest BCUT2D eigenvalue weighted by molar-refractivity contribution is 0.103. The van der Waals surface area contributed by atoms with Gasteiger partial charge in [0.15, 0.2) is 0 Å². The van der Waals surface area contributed by atoms with Crippen molar-refractivity contribution in [2.24, 2.45) is 4.99 Å². The lowest BCUT2D eigenvalue weighted by Crippen LogP contribution is -2.03. The van der Waals surface area contributed by atoms with Crippen LogP contribution < -0.4 is 0 Å². The number of benzene rings is 3. The molecule has 0 bridgehead atoms. The minimum absolute atomic E-state index is 0.158. The van der Waals surface area contributed by atoms with E-state index in [4.69, 9.17) is 0 Å². The summed E-state index contributed by atoms with van der Waals surface area (Å²) in [5.41, 5.74) is 4.21. The molecule has 6 heteroatoms. The average Bonchev–Trinajstić information content (AvgIpc) is 3.38. The molecule has 0 radical (unpaired) electrons. The minimum atomic E-state index is -0.158. The van der Waals surface area contributed by atoms with Crippen molar-refractivity contribution in [1.29, 1.82) is 0 Å². The fourth-order valence-corrected chi connectivity index (χ4v) is 3.22. The Bertz CT molecular complexity index is 1350. The van der Waals surface area contributed by atoms with Crippen molar-refractivity contribution in [3.05, 3.63) is 89.7 Å². The predicted octanol–water partition coefficient (Wildman–Crippen LogP) is 4.42. The van der Waals surface area contributed by atoms with Crippen LogP contribution in [0.15, 0.2) is 77.9 Å². The van der Waals surface area contributed by atoms with Crippen molar-refractivity contribution < 1.29 is 4.79 Å². The van der Waals surface area contributed by atoms with Crippen LogP contribution in [0.25, 0.3) is 21.8 Å². The SMILES string of the molecule is O=C(c1ccccc1N=Cc1ccc2cn[nH]c2c1)c1n[nH]c2ccccc12. The highest BCUT2D eigenvalue weighted by atomic mass is 16.1. The number of carbonyl (C=O) groups is 1. The zero-order valence-corrected chi connectivity index (χ0v) is 14.8. The maximum atomic E-state index is 13.1. The third-order valence-corrected chi connectivity index (χ3v) is 4.65. The van der Waals surface area contributed by atoms with Gasteiger partial charge in [0.1, 0.15) is 5.69 Å². The number of nitrogens with zero attached hydrogens (tertiary/aromatic N) is 3. The number of para-hydroxylation sites is 2. The van der Waals surface area contributed by atoms with Gasteiger partial charge < -0.3 is 0 Å². The first-order valence-electron chi connectivity index (χ1n) is 8.84. The molecule has 0 aliphatic heterocycles. The van der Waals surface area contributed by atoms with Crippen molar-refractivity contribution in [1.82, 2.24) is 20.4 Å². The van der Waals surface area contributed by atoms with Crippen molar-refractivity contribution in [3.8, 4) is 0 Å². The highest BCUT2D eigenvalue weighted by Gasteiger charge is 2.18. The van der Waals surface area contributed by atoms with E-state index in [9.17, 15) is 4.79 Å². The molecular weight excluding hydrogens is 350 g/mol. The zero-order valence-electron chi connectivity index (χ0n) is 14.8. The largest absolute Gasteiger partial charge is 0.287 e. The number of ketones is 1. The summed E-state index contributed by atoms with van der Waals surface area (Å²) in [4.78, 5) is 17.7. The van der Waals surface area contributed by atoms with Crippen LogP contribution in [0.2, 0.25) is 0 Å². The van der Waals surface area contributed by atoms with Crippen molar-refractivity contribution in [3.63, 3.8) is 0 Å². The Morgan fingerprint density at radius 1 is 0.929 bits per heavy atom. The zero-order chi connectivity index (χ0) is 18.9. The van der Waals surface area contributed by atoms with E-state index in [1.165, 1.54) is 0 Å². The summed E-state index contributed by atoms with van der Waals surface area (Å²) < 4.78 is 0. The number of hydrogen-bond donors (Lipinski definition) is 2. The highest BCUT2D eigenvalue weighted by molar-refractivity contribution is 6.17. The molecule has 0 unspecified atom stereocenters. The molecule has 0 saturated carbocycles. The Kier molecular flexibility index (Phi) is 3.80. The number of aliphatic imine (C=N–C) groups is 1. The van der Waals surface area contributed by atoms with E-state index in [0.717, 1.165) is 27.4 Å². The number of hydrogen-bond acceptors (Lipinski definition) is 4. The first-order chi connectivity index (χ1) is 13.8.